The molecule has 1 aromatic carbocycles. The largest absolute Gasteiger partial charge is 0.496 e. The molecule has 3 nitrogen and oxygen atoms in total. The van der Waals surface area contributed by atoms with Crippen LogP contribution in [0.5, 0.6) is 5.75 Å². The molecule has 3 heteroatoms. The van der Waals surface area contributed by atoms with Crippen LogP contribution >= 0.6 is 0 Å². The van der Waals surface area contributed by atoms with Gasteiger partial charge in [-0.05, 0) is 31.5 Å². The van der Waals surface area contributed by atoms with Crippen molar-refractivity contribution < 1.29 is 9.15 Å². The topological polar surface area (TPSA) is 34.4 Å². The lowest BCUT2D eigenvalue weighted by molar-refractivity contribution is 0.409. The van der Waals surface area contributed by atoms with E-state index >= 15 is 0 Å². The number of furan rings is 1. The summed E-state index contributed by atoms with van der Waals surface area (Å²) in [4.78, 5) is 0. The minimum absolute atomic E-state index is 0.754. The number of aryl methyl sites for hydroxylation is 1. The first kappa shape index (κ1) is 11.6. The van der Waals surface area contributed by atoms with Gasteiger partial charge in [0.1, 0.15) is 5.75 Å². The number of ether oxygens (including phenoxy) is 1. The third-order valence-corrected chi connectivity index (χ3v) is 2.87. The van der Waals surface area contributed by atoms with Crippen molar-refractivity contribution in [1.82, 2.24) is 0 Å². The van der Waals surface area contributed by atoms with Crippen molar-refractivity contribution in [2.24, 2.45) is 0 Å². The fraction of sp³-hybridized carbons (Fsp3) is 0.286. The minimum Gasteiger partial charge on any atom is -0.496 e. The van der Waals surface area contributed by atoms with E-state index < -0.39 is 0 Å². The zero-order chi connectivity index (χ0) is 12.3. The van der Waals surface area contributed by atoms with Crippen molar-refractivity contribution in [3.8, 4) is 5.75 Å². The van der Waals surface area contributed by atoms with Gasteiger partial charge in [0, 0.05) is 23.4 Å². The normalized spacial score (nSPS) is 10.3. The van der Waals surface area contributed by atoms with Crippen molar-refractivity contribution in [2.75, 3.05) is 12.4 Å². The van der Waals surface area contributed by atoms with E-state index in [0.29, 0.717) is 0 Å². The minimum atomic E-state index is 0.754. The van der Waals surface area contributed by atoms with Crippen LogP contribution in [0.3, 0.4) is 0 Å². The molecular formula is C14H17NO2. The maximum absolute atomic E-state index is 5.39. The van der Waals surface area contributed by atoms with E-state index in [1.54, 1.807) is 19.6 Å². The summed E-state index contributed by atoms with van der Waals surface area (Å²) in [7, 11) is 1.70. The van der Waals surface area contributed by atoms with Gasteiger partial charge in [0.25, 0.3) is 0 Å². The lowest BCUT2D eigenvalue weighted by Gasteiger charge is -2.14. The zero-order valence-corrected chi connectivity index (χ0v) is 10.4. The van der Waals surface area contributed by atoms with Gasteiger partial charge in [-0.1, -0.05) is 6.07 Å². The summed E-state index contributed by atoms with van der Waals surface area (Å²) in [6.07, 6.45) is 3.42. The number of nitrogens with one attached hydrogen (secondary N) is 1. The lowest BCUT2D eigenvalue weighted by atomic mass is 10.1. The molecule has 0 fully saturated rings. The number of benzene rings is 1. The van der Waals surface area contributed by atoms with Gasteiger partial charge in [0.15, 0.2) is 0 Å². The quantitative estimate of drug-likeness (QED) is 0.874. The summed E-state index contributed by atoms with van der Waals surface area (Å²) in [5, 5.41) is 3.38. The lowest BCUT2D eigenvalue weighted by Crippen LogP contribution is -2.02. The first-order valence-corrected chi connectivity index (χ1v) is 5.61. The van der Waals surface area contributed by atoms with Crippen LogP contribution in [0, 0.1) is 13.8 Å². The standard InChI is InChI=1S/C14H17NO2/c1-10-4-5-13(11(2)14(10)16-3)15-8-12-6-7-17-9-12/h4-7,9,15H,8H2,1-3H3. The Morgan fingerprint density at radius 3 is 2.71 bits per heavy atom. The van der Waals surface area contributed by atoms with Crippen molar-refractivity contribution in [1.29, 1.82) is 0 Å². The summed E-state index contributed by atoms with van der Waals surface area (Å²) in [6.45, 7) is 4.86. The molecule has 17 heavy (non-hydrogen) atoms. The van der Waals surface area contributed by atoms with Crippen molar-refractivity contribution in [3.63, 3.8) is 0 Å². The Hall–Kier alpha value is -1.90. The smallest absolute Gasteiger partial charge is 0.126 e. The number of hydrogen-bond donors (Lipinski definition) is 1. The molecule has 0 aliphatic heterocycles. The average molecular weight is 231 g/mol. The van der Waals surface area contributed by atoms with Crippen molar-refractivity contribution >= 4 is 5.69 Å². The number of methoxy groups -OCH3 is 1. The van der Waals surface area contributed by atoms with Crippen LogP contribution in [0.2, 0.25) is 0 Å². The highest BCUT2D eigenvalue weighted by Gasteiger charge is 2.07. The van der Waals surface area contributed by atoms with E-state index in [1.165, 1.54) is 0 Å². The van der Waals surface area contributed by atoms with Crippen LogP contribution in [0.15, 0.2) is 35.1 Å². The molecule has 0 saturated heterocycles. The molecule has 0 amide bonds. The summed E-state index contributed by atoms with van der Waals surface area (Å²) in [5.41, 5.74) is 4.51. The highest BCUT2D eigenvalue weighted by molar-refractivity contribution is 5.59. The third kappa shape index (κ3) is 2.44. The molecular weight excluding hydrogens is 214 g/mol. The highest BCUT2D eigenvalue weighted by atomic mass is 16.5. The summed E-state index contributed by atoms with van der Waals surface area (Å²) >= 11 is 0. The molecule has 0 spiro atoms. The Bertz CT molecular complexity index is 489. The Balaban J connectivity index is 2.16. The maximum atomic E-state index is 5.39. The molecule has 0 aliphatic carbocycles. The second-order valence-electron chi connectivity index (χ2n) is 4.07. The summed E-state index contributed by atoms with van der Waals surface area (Å²) < 4.78 is 10.4. The van der Waals surface area contributed by atoms with E-state index in [9.17, 15) is 0 Å². The second kappa shape index (κ2) is 4.95. The Morgan fingerprint density at radius 1 is 1.24 bits per heavy atom. The molecule has 90 valence electrons. The molecule has 1 aromatic heterocycles. The monoisotopic (exact) mass is 231 g/mol. The molecule has 2 aromatic rings. The molecule has 0 aliphatic rings. The zero-order valence-electron chi connectivity index (χ0n) is 10.4. The van der Waals surface area contributed by atoms with E-state index in [4.69, 9.17) is 9.15 Å². The van der Waals surface area contributed by atoms with Crippen molar-refractivity contribution in [2.45, 2.75) is 20.4 Å². The van der Waals surface area contributed by atoms with Crippen LogP contribution < -0.4 is 10.1 Å². The van der Waals surface area contributed by atoms with Gasteiger partial charge in [-0.2, -0.15) is 0 Å². The van der Waals surface area contributed by atoms with Gasteiger partial charge in [-0.15, -0.1) is 0 Å². The van der Waals surface area contributed by atoms with Gasteiger partial charge >= 0.3 is 0 Å². The molecule has 0 bridgehead atoms. The summed E-state index contributed by atoms with van der Waals surface area (Å²) in [6, 6.07) is 6.09. The molecule has 0 saturated carbocycles. The van der Waals surface area contributed by atoms with Gasteiger partial charge in [-0.25, -0.2) is 0 Å². The Labute approximate surface area is 101 Å². The van der Waals surface area contributed by atoms with Crippen LogP contribution in [0.25, 0.3) is 0 Å². The van der Waals surface area contributed by atoms with E-state index in [-0.39, 0.29) is 0 Å². The molecule has 2 rings (SSSR count). The number of anilines is 1. The Morgan fingerprint density at radius 2 is 2.06 bits per heavy atom. The van der Waals surface area contributed by atoms with E-state index in [2.05, 4.69) is 24.4 Å². The maximum Gasteiger partial charge on any atom is 0.126 e. The Kier molecular flexibility index (Phi) is 3.38. The highest BCUT2D eigenvalue weighted by Crippen LogP contribution is 2.29. The predicted octanol–water partition coefficient (Wildman–Crippen LogP) is 3.52. The summed E-state index contributed by atoms with van der Waals surface area (Å²) in [5.74, 6) is 0.946. The first-order chi connectivity index (χ1) is 8.22. The molecule has 1 heterocycles. The molecule has 0 unspecified atom stereocenters. The van der Waals surface area contributed by atoms with Crippen LogP contribution in [0.4, 0.5) is 5.69 Å². The molecule has 1 N–H and O–H groups in total. The average Bonchev–Trinajstić information content (AvgIpc) is 2.82. The predicted molar refractivity (Wildman–Crippen MR) is 68.5 cm³/mol. The van der Waals surface area contributed by atoms with Gasteiger partial charge in [0.2, 0.25) is 0 Å². The second-order valence-corrected chi connectivity index (χ2v) is 4.07. The fourth-order valence-electron chi connectivity index (χ4n) is 1.92. The van der Waals surface area contributed by atoms with Crippen LogP contribution in [-0.4, -0.2) is 7.11 Å². The first-order valence-electron chi connectivity index (χ1n) is 5.61. The number of hydrogen-bond acceptors (Lipinski definition) is 3. The third-order valence-electron chi connectivity index (χ3n) is 2.87. The van der Waals surface area contributed by atoms with Gasteiger partial charge < -0.3 is 14.5 Å². The van der Waals surface area contributed by atoms with E-state index in [1.807, 2.05) is 13.0 Å². The van der Waals surface area contributed by atoms with Crippen molar-refractivity contribution in [3.05, 3.63) is 47.4 Å². The van der Waals surface area contributed by atoms with Gasteiger partial charge in [0.05, 0.1) is 19.6 Å². The van der Waals surface area contributed by atoms with Crippen LogP contribution in [-0.2, 0) is 6.54 Å². The SMILES string of the molecule is COc1c(C)ccc(NCc2ccoc2)c1C. The molecule has 0 atom stereocenters. The van der Waals surface area contributed by atoms with E-state index in [0.717, 1.165) is 34.7 Å². The fourth-order valence-corrected chi connectivity index (χ4v) is 1.92. The van der Waals surface area contributed by atoms with Gasteiger partial charge in [-0.3, -0.25) is 0 Å². The number of rotatable bonds is 4. The molecule has 0 radical (unpaired) electrons. The van der Waals surface area contributed by atoms with Crippen LogP contribution in [0.1, 0.15) is 16.7 Å².